The van der Waals surface area contributed by atoms with Crippen molar-refractivity contribution in [2.45, 2.75) is 4.90 Å². The molecule has 0 saturated heterocycles. The average molecular weight is 221 g/mol. The molecule has 0 radical (unpaired) electrons. The number of methoxy groups -OCH3 is 1. The third-order valence-electron chi connectivity index (χ3n) is 2.13. The molecule has 0 N–H and O–H groups in total. The quantitative estimate of drug-likeness (QED) is 0.576. The van der Waals surface area contributed by atoms with E-state index in [0.717, 1.165) is 22.8 Å². The molecule has 0 bridgehead atoms. The second kappa shape index (κ2) is 4.59. The lowest BCUT2D eigenvalue weighted by Crippen LogP contribution is -1.93. The molecule has 0 aromatic heterocycles. The fourth-order valence-corrected chi connectivity index (χ4v) is 2.23. The number of hydrogen-bond acceptors (Lipinski definition) is 3. The lowest BCUT2D eigenvalue weighted by molar-refractivity contribution is 0.101. The third-order valence-corrected chi connectivity index (χ3v) is 3.09. The van der Waals surface area contributed by atoms with E-state index in [9.17, 15) is 4.79 Å². The number of carbonyl (C=O) groups is 1. The molecule has 1 aliphatic heterocycles. The fourth-order valence-electron chi connectivity index (χ4n) is 1.37. The summed E-state index contributed by atoms with van der Waals surface area (Å²) in [6.45, 7) is 0.731. The number of benzene rings is 1. The van der Waals surface area contributed by atoms with E-state index in [0.29, 0.717) is 5.56 Å². The van der Waals surface area contributed by atoms with Crippen LogP contribution in [0.5, 0.6) is 0 Å². The molecule has 0 fully saturated rings. The first-order valence-corrected chi connectivity index (χ1v) is 5.64. The van der Waals surface area contributed by atoms with Crippen LogP contribution in [0.2, 0.25) is 0 Å². The van der Waals surface area contributed by atoms with Gasteiger partial charge in [0.15, 0.2) is 0 Å². The van der Waals surface area contributed by atoms with Crippen LogP contribution in [0.4, 0.5) is 0 Å². The van der Waals surface area contributed by atoms with Crippen LogP contribution >= 0.6 is 11.8 Å². The summed E-state index contributed by atoms with van der Waals surface area (Å²) in [5.41, 5.74) is 1.62. The molecular formula is C11H11NO2S. The summed E-state index contributed by atoms with van der Waals surface area (Å²) in [5, 5.41) is 0. The van der Waals surface area contributed by atoms with Gasteiger partial charge in [0, 0.05) is 29.5 Å². The van der Waals surface area contributed by atoms with E-state index < -0.39 is 0 Å². The smallest absolute Gasteiger partial charge is 0.277 e. The van der Waals surface area contributed by atoms with Crippen molar-refractivity contribution in [2.24, 2.45) is 4.99 Å². The molecule has 1 aromatic carbocycles. The Hall–Kier alpha value is -1.13. The van der Waals surface area contributed by atoms with Crippen molar-refractivity contribution in [1.82, 2.24) is 0 Å². The fraction of sp³-hybridized carbons (Fsp3) is 0.273. The Labute approximate surface area is 92.5 Å². The number of hydrogen-bond donors (Lipinski definition) is 0. The minimum atomic E-state index is -0.140. The zero-order valence-corrected chi connectivity index (χ0v) is 9.21. The number of fused-ring (bicyclic) bond motifs is 1. The van der Waals surface area contributed by atoms with Gasteiger partial charge in [0.05, 0.1) is 12.2 Å². The molecule has 1 amide bonds. The van der Waals surface area contributed by atoms with Crippen molar-refractivity contribution in [3.8, 4) is 0 Å². The van der Waals surface area contributed by atoms with Crippen molar-refractivity contribution in [2.75, 3.05) is 19.5 Å². The van der Waals surface area contributed by atoms with E-state index in [-0.39, 0.29) is 5.91 Å². The first kappa shape index (κ1) is 10.4. The molecule has 4 heteroatoms. The predicted molar refractivity (Wildman–Crippen MR) is 61.0 cm³/mol. The van der Waals surface area contributed by atoms with Gasteiger partial charge in [0.1, 0.15) is 0 Å². The first-order chi connectivity index (χ1) is 7.31. The Morgan fingerprint density at radius 3 is 3.13 bits per heavy atom. The van der Waals surface area contributed by atoms with Gasteiger partial charge in [-0.1, -0.05) is 0 Å². The predicted octanol–water partition coefficient (Wildman–Crippen LogP) is 2.00. The highest BCUT2D eigenvalue weighted by Crippen LogP contribution is 2.23. The highest BCUT2D eigenvalue weighted by Gasteiger charge is 2.14. The first-order valence-electron chi connectivity index (χ1n) is 4.65. The van der Waals surface area contributed by atoms with Crippen LogP contribution in [0, 0.1) is 0 Å². The number of aliphatic imine (C=N–C) groups is 1. The standard InChI is InChI=1S/C11H11NO2S/c1-14-4-5-15-9-2-3-10-8(6-9)7-12-11(10)13/h2-3,6-7H,4-5H2,1H3. The Kier molecular flexibility index (Phi) is 3.18. The average Bonchev–Trinajstić information content (AvgIpc) is 2.61. The summed E-state index contributed by atoms with van der Waals surface area (Å²) in [5.74, 6) is 0.777. The Balaban J connectivity index is 2.09. The second-order valence-corrected chi connectivity index (χ2v) is 4.32. The van der Waals surface area contributed by atoms with Crippen LogP contribution in [0.3, 0.4) is 0 Å². The zero-order valence-electron chi connectivity index (χ0n) is 8.40. The Bertz CT molecular complexity index is 415. The molecule has 78 valence electrons. The lowest BCUT2D eigenvalue weighted by atomic mass is 10.1. The van der Waals surface area contributed by atoms with Crippen molar-refractivity contribution in [3.63, 3.8) is 0 Å². The summed E-state index contributed by atoms with van der Waals surface area (Å²) in [6, 6.07) is 5.77. The SMILES string of the molecule is COCCSc1ccc2c(c1)C=NC2=O. The molecular weight excluding hydrogens is 210 g/mol. The third kappa shape index (κ3) is 2.27. The van der Waals surface area contributed by atoms with Gasteiger partial charge in [-0.2, -0.15) is 0 Å². The lowest BCUT2D eigenvalue weighted by Gasteiger charge is -2.02. The van der Waals surface area contributed by atoms with Crippen molar-refractivity contribution >= 4 is 23.9 Å². The Morgan fingerprint density at radius 2 is 2.33 bits per heavy atom. The maximum atomic E-state index is 11.2. The largest absolute Gasteiger partial charge is 0.384 e. The maximum Gasteiger partial charge on any atom is 0.277 e. The molecule has 15 heavy (non-hydrogen) atoms. The van der Waals surface area contributed by atoms with E-state index in [1.54, 1.807) is 25.1 Å². The second-order valence-electron chi connectivity index (χ2n) is 3.15. The van der Waals surface area contributed by atoms with Gasteiger partial charge in [-0.25, -0.2) is 4.99 Å². The highest BCUT2D eigenvalue weighted by molar-refractivity contribution is 7.99. The molecule has 0 aliphatic carbocycles. The highest BCUT2D eigenvalue weighted by atomic mass is 32.2. The van der Waals surface area contributed by atoms with Gasteiger partial charge in [-0.05, 0) is 18.2 Å². The molecule has 1 heterocycles. The molecule has 0 spiro atoms. The van der Waals surface area contributed by atoms with E-state index >= 15 is 0 Å². The van der Waals surface area contributed by atoms with Crippen LogP contribution in [0.15, 0.2) is 28.1 Å². The molecule has 1 aromatic rings. The number of ether oxygens (including phenoxy) is 1. The molecule has 2 rings (SSSR count). The summed E-state index contributed by atoms with van der Waals surface area (Å²) >= 11 is 1.71. The normalized spacial score (nSPS) is 13.3. The number of thioether (sulfide) groups is 1. The summed E-state index contributed by atoms with van der Waals surface area (Å²) in [4.78, 5) is 16.1. The molecule has 3 nitrogen and oxygen atoms in total. The van der Waals surface area contributed by atoms with Gasteiger partial charge in [-0.15, -0.1) is 11.8 Å². The van der Waals surface area contributed by atoms with Crippen LogP contribution in [0.25, 0.3) is 0 Å². The molecule has 0 unspecified atom stereocenters. The minimum absolute atomic E-state index is 0.140. The summed E-state index contributed by atoms with van der Waals surface area (Å²) in [7, 11) is 1.69. The van der Waals surface area contributed by atoms with Crippen LogP contribution in [0.1, 0.15) is 15.9 Å². The number of amides is 1. The summed E-state index contributed by atoms with van der Waals surface area (Å²) < 4.78 is 4.97. The van der Waals surface area contributed by atoms with Gasteiger partial charge < -0.3 is 4.74 Å². The van der Waals surface area contributed by atoms with E-state index in [2.05, 4.69) is 4.99 Å². The number of carbonyl (C=O) groups excluding carboxylic acids is 1. The van der Waals surface area contributed by atoms with E-state index in [1.807, 2.05) is 18.2 Å². The topological polar surface area (TPSA) is 38.7 Å². The van der Waals surface area contributed by atoms with Gasteiger partial charge in [-0.3, -0.25) is 4.79 Å². The van der Waals surface area contributed by atoms with Crippen LogP contribution in [-0.4, -0.2) is 31.6 Å². The monoisotopic (exact) mass is 221 g/mol. The summed E-state index contributed by atoms with van der Waals surface area (Å²) in [6.07, 6.45) is 1.62. The molecule has 0 atom stereocenters. The molecule has 0 saturated carbocycles. The molecule has 1 aliphatic rings. The van der Waals surface area contributed by atoms with Crippen molar-refractivity contribution < 1.29 is 9.53 Å². The van der Waals surface area contributed by atoms with Gasteiger partial charge in [0.2, 0.25) is 0 Å². The van der Waals surface area contributed by atoms with Gasteiger partial charge in [0.25, 0.3) is 5.91 Å². The van der Waals surface area contributed by atoms with Crippen molar-refractivity contribution in [3.05, 3.63) is 29.3 Å². The number of rotatable bonds is 4. The van der Waals surface area contributed by atoms with Crippen molar-refractivity contribution in [1.29, 1.82) is 0 Å². The number of nitrogens with zero attached hydrogens (tertiary/aromatic N) is 1. The maximum absolute atomic E-state index is 11.2. The van der Waals surface area contributed by atoms with Crippen LogP contribution in [-0.2, 0) is 4.74 Å². The minimum Gasteiger partial charge on any atom is -0.384 e. The van der Waals surface area contributed by atoms with E-state index in [1.165, 1.54) is 0 Å². The zero-order chi connectivity index (χ0) is 10.7. The van der Waals surface area contributed by atoms with Crippen LogP contribution < -0.4 is 0 Å². The van der Waals surface area contributed by atoms with Gasteiger partial charge >= 0.3 is 0 Å². The van der Waals surface area contributed by atoms with E-state index in [4.69, 9.17) is 4.74 Å². The Morgan fingerprint density at radius 1 is 1.47 bits per heavy atom.